The summed E-state index contributed by atoms with van der Waals surface area (Å²) >= 11 is 0. The summed E-state index contributed by atoms with van der Waals surface area (Å²) in [6, 6.07) is 0. The third kappa shape index (κ3) is 2.53. The summed E-state index contributed by atoms with van der Waals surface area (Å²) in [5.41, 5.74) is 7.75. The number of nitrogens with zero attached hydrogens (tertiary/aromatic N) is 3. The van der Waals surface area contributed by atoms with Gasteiger partial charge in [0.1, 0.15) is 0 Å². The van der Waals surface area contributed by atoms with Crippen LogP contribution in [0.15, 0.2) is 17.8 Å². The quantitative estimate of drug-likeness (QED) is 0.789. The van der Waals surface area contributed by atoms with Crippen LogP contribution >= 0.6 is 0 Å². The van der Waals surface area contributed by atoms with Crippen molar-refractivity contribution < 1.29 is 9.53 Å². The number of amides is 1. The van der Waals surface area contributed by atoms with Gasteiger partial charge in [-0.3, -0.25) is 9.48 Å². The summed E-state index contributed by atoms with van der Waals surface area (Å²) in [6.45, 7) is 1.91. The fourth-order valence-corrected chi connectivity index (χ4v) is 2.03. The van der Waals surface area contributed by atoms with Gasteiger partial charge in [-0.1, -0.05) is 6.08 Å². The molecule has 0 atom stereocenters. The zero-order chi connectivity index (χ0) is 13.1. The van der Waals surface area contributed by atoms with Crippen molar-refractivity contribution >= 4 is 11.6 Å². The van der Waals surface area contributed by atoms with E-state index in [0.717, 1.165) is 6.42 Å². The van der Waals surface area contributed by atoms with Gasteiger partial charge in [0.2, 0.25) is 0 Å². The minimum absolute atomic E-state index is 0.110. The van der Waals surface area contributed by atoms with Crippen LogP contribution in [0.25, 0.3) is 0 Å². The van der Waals surface area contributed by atoms with Crippen LogP contribution in [-0.4, -0.2) is 47.4 Å². The fourth-order valence-electron chi connectivity index (χ4n) is 2.03. The Morgan fingerprint density at radius 2 is 2.39 bits per heavy atom. The Hall–Kier alpha value is -1.82. The maximum atomic E-state index is 12.2. The maximum Gasteiger partial charge on any atom is 0.276 e. The standard InChI is InChI=1S/C12H18N4O2/c1-15-7-10(13)11(14-15)12(17)16-5-3-9(4-6-16)8-18-2/h3,7H,4-6,8,13H2,1-2H3. The van der Waals surface area contributed by atoms with Crippen molar-refractivity contribution in [3.63, 3.8) is 0 Å². The van der Waals surface area contributed by atoms with Crippen LogP contribution in [0.4, 0.5) is 5.69 Å². The lowest BCUT2D eigenvalue weighted by Gasteiger charge is -2.25. The molecular weight excluding hydrogens is 232 g/mol. The lowest BCUT2D eigenvalue weighted by molar-refractivity contribution is 0.0759. The van der Waals surface area contributed by atoms with E-state index < -0.39 is 0 Å². The number of carbonyl (C=O) groups is 1. The molecule has 0 bridgehead atoms. The molecule has 1 aromatic heterocycles. The normalized spacial score (nSPS) is 15.7. The molecule has 6 heteroatoms. The molecule has 0 saturated carbocycles. The fraction of sp³-hybridized carbons (Fsp3) is 0.500. The Morgan fingerprint density at radius 1 is 1.61 bits per heavy atom. The predicted octanol–water partition coefficient (Wildman–Crippen LogP) is 0.421. The van der Waals surface area contributed by atoms with Crippen LogP contribution in [0.5, 0.6) is 0 Å². The van der Waals surface area contributed by atoms with E-state index in [4.69, 9.17) is 10.5 Å². The van der Waals surface area contributed by atoms with Gasteiger partial charge in [-0.05, 0) is 12.0 Å². The second-order valence-corrected chi connectivity index (χ2v) is 4.40. The molecule has 2 N–H and O–H groups in total. The highest BCUT2D eigenvalue weighted by molar-refractivity contribution is 5.97. The molecule has 0 aliphatic carbocycles. The third-order valence-electron chi connectivity index (χ3n) is 2.98. The van der Waals surface area contributed by atoms with Crippen molar-refractivity contribution in [2.75, 3.05) is 32.5 Å². The third-order valence-corrected chi connectivity index (χ3v) is 2.98. The molecule has 6 nitrogen and oxygen atoms in total. The summed E-state index contributed by atoms with van der Waals surface area (Å²) in [4.78, 5) is 14.0. The molecular formula is C12H18N4O2. The number of hydrogen-bond acceptors (Lipinski definition) is 4. The van der Waals surface area contributed by atoms with Gasteiger partial charge in [0.05, 0.1) is 12.3 Å². The molecule has 1 aliphatic rings. The Kier molecular flexibility index (Phi) is 3.66. The average molecular weight is 250 g/mol. The monoisotopic (exact) mass is 250 g/mol. The predicted molar refractivity (Wildman–Crippen MR) is 68.1 cm³/mol. The Balaban J connectivity index is 2.06. The van der Waals surface area contributed by atoms with Crippen molar-refractivity contribution in [1.29, 1.82) is 0 Å². The molecule has 2 rings (SSSR count). The lowest BCUT2D eigenvalue weighted by Crippen LogP contribution is -2.36. The first-order valence-corrected chi connectivity index (χ1v) is 5.87. The van der Waals surface area contributed by atoms with Crippen LogP contribution in [-0.2, 0) is 11.8 Å². The van der Waals surface area contributed by atoms with Gasteiger partial charge < -0.3 is 15.4 Å². The second kappa shape index (κ2) is 5.22. The summed E-state index contributed by atoms with van der Waals surface area (Å²) in [7, 11) is 3.42. The number of carbonyl (C=O) groups excluding carboxylic acids is 1. The van der Waals surface area contributed by atoms with Gasteiger partial charge in [-0.15, -0.1) is 0 Å². The number of aryl methyl sites for hydroxylation is 1. The smallest absolute Gasteiger partial charge is 0.276 e. The summed E-state index contributed by atoms with van der Waals surface area (Å²) in [6.07, 6.45) is 4.51. The summed E-state index contributed by atoms with van der Waals surface area (Å²) in [5.74, 6) is -0.110. The van der Waals surface area contributed by atoms with Gasteiger partial charge in [0.25, 0.3) is 5.91 Å². The van der Waals surface area contributed by atoms with Gasteiger partial charge in [-0.25, -0.2) is 0 Å². The second-order valence-electron chi connectivity index (χ2n) is 4.40. The Bertz CT molecular complexity index is 478. The Labute approximate surface area is 106 Å². The van der Waals surface area contributed by atoms with Crippen molar-refractivity contribution in [2.45, 2.75) is 6.42 Å². The van der Waals surface area contributed by atoms with E-state index >= 15 is 0 Å². The minimum atomic E-state index is -0.110. The Morgan fingerprint density at radius 3 is 2.89 bits per heavy atom. The molecule has 1 aliphatic heterocycles. The van der Waals surface area contributed by atoms with E-state index in [1.165, 1.54) is 5.57 Å². The number of rotatable bonds is 3. The molecule has 0 spiro atoms. The number of anilines is 1. The highest BCUT2D eigenvalue weighted by atomic mass is 16.5. The van der Waals surface area contributed by atoms with Crippen molar-refractivity contribution in [2.24, 2.45) is 7.05 Å². The van der Waals surface area contributed by atoms with Crippen LogP contribution in [0, 0.1) is 0 Å². The largest absolute Gasteiger partial charge is 0.396 e. The molecule has 0 saturated heterocycles. The first kappa shape index (κ1) is 12.6. The minimum Gasteiger partial charge on any atom is -0.396 e. The number of ether oxygens (including phenoxy) is 1. The van der Waals surface area contributed by atoms with E-state index in [2.05, 4.69) is 5.10 Å². The molecule has 2 heterocycles. The van der Waals surface area contributed by atoms with E-state index in [9.17, 15) is 4.79 Å². The number of methoxy groups -OCH3 is 1. The number of nitrogen functional groups attached to an aromatic ring is 1. The van der Waals surface area contributed by atoms with E-state index in [0.29, 0.717) is 31.1 Å². The van der Waals surface area contributed by atoms with Crippen molar-refractivity contribution in [1.82, 2.24) is 14.7 Å². The summed E-state index contributed by atoms with van der Waals surface area (Å²) < 4.78 is 6.63. The first-order valence-electron chi connectivity index (χ1n) is 5.87. The molecule has 0 aromatic carbocycles. The van der Waals surface area contributed by atoms with Crippen molar-refractivity contribution in [3.8, 4) is 0 Å². The van der Waals surface area contributed by atoms with Gasteiger partial charge in [-0.2, -0.15) is 5.10 Å². The first-order chi connectivity index (χ1) is 8.61. The zero-order valence-corrected chi connectivity index (χ0v) is 10.7. The molecule has 1 aromatic rings. The van der Waals surface area contributed by atoms with Gasteiger partial charge in [0.15, 0.2) is 5.69 Å². The maximum absolute atomic E-state index is 12.2. The molecule has 0 fully saturated rings. The van der Waals surface area contributed by atoms with Gasteiger partial charge in [0, 0.05) is 33.4 Å². The average Bonchev–Trinajstić information content (AvgIpc) is 2.69. The highest BCUT2D eigenvalue weighted by Crippen LogP contribution is 2.16. The van der Waals surface area contributed by atoms with Crippen molar-refractivity contribution in [3.05, 3.63) is 23.5 Å². The number of aromatic nitrogens is 2. The number of hydrogen-bond donors (Lipinski definition) is 1. The van der Waals surface area contributed by atoms with Gasteiger partial charge >= 0.3 is 0 Å². The summed E-state index contributed by atoms with van der Waals surface area (Å²) in [5, 5.41) is 4.10. The lowest BCUT2D eigenvalue weighted by atomic mass is 10.1. The molecule has 18 heavy (non-hydrogen) atoms. The molecule has 1 amide bonds. The molecule has 98 valence electrons. The van der Waals surface area contributed by atoms with Crippen LogP contribution in [0.3, 0.4) is 0 Å². The van der Waals surface area contributed by atoms with Crippen LogP contribution in [0.2, 0.25) is 0 Å². The number of nitrogens with two attached hydrogens (primary N) is 1. The highest BCUT2D eigenvalue weighted by Gasteiger charge is 2.22. The van der Waals surface area contributed by atoms with Crippen LogP contribution < -0.4 is 5.73 Å². The zero-order valence-electron chi connectivity index (χ0n) is 10.7. The molecule has 0 unspecified atom stereocenters. The molecule has 0 radical (unpaired) electrons. The van der Waals surface area contributed by atoms with E-state index in [1.54, 1.807) is 29.9 Å². The van der Waals surface area contributed by atoms with E-state index in [-0.39, 0.29) is 5.91 Å². The van der Waals surface area contributed by atoms with Crippen LogP contribution in [0.1, 0.15) is 16.9 Å². The topological polar surface area (TPSA) is 73.4 Å². The van der Waals surface area contributed by atoms with E-state index in [1.807, 2.05) is 6.08 Å². The SMILES string of the molecule is COCC1=CCN(C(=O)c2nn(C)cc2N)CC1.